The van der Waals surface area contributed by atoms with Crippen LogP contribution in [0.5, 0.6) is 0 Å². The molecule has 1 aromatic heterocycles. The van der Waals surface area contributed by atoms with Crippen LogP contribution in [-0.2, 0) is 4.79 Å². The average molecular weight is 343 g/mol. The minimum atomic E-state index is -0.654. The summed E-state index contributed by atoms with van der Waals surface area (Å²) in [6, 6.07) is 10.4. The molecule has 2 amide bonds. The largest absolute Gasteiger partial charge is 0.340 e. The quantitative estimate of drug-likeness (QED) is 0.625. The third-order valence-corrected chi connectivity index (χ3v) is 4.23. The SMILES string of the molecule is Cc1cccc(C(=O)NC(C(=O)N/N=C\c2cccs2)C(C)C)c1. The van der Waals surface area contributed by atoms with Crippen LogP contribution in [0, 0.1) is 12.8 Å². The van der Waals surface area contributed by atoms with E-state index in [1.165, 1.54) is 11.3 Å². The van der Waals surface area contributed by atoms with Crippen molar-refractivity contribution in [3.63, 3.8) is 0 Å². The fraction of sp³-hybridized carbons (Fsp3) is 0.278. The summed E-state index contributed by atoms with van der Waals surface area (Å²) in [6.45, 7) is 5.68. The minimum Gasteiger partial charge on any atom is -0.340 e. The number of carbonyl (C=O) groups is 2. The zero-order valence-corrected chi connectivity index (χ0v) is 14.8. The zero-order valence-electron chi connectivity index (χ0n) is 13.9. The summed E-state index contributed by atoms with van der Waals surface area (Å²) in [5, 5.41) is 8.66. The topological polar surface area (TPSA) is 70.6 Å². The van der Waals surface area contributed by atoms with Crippen molar-refractivity contribution in [3.8, 4) is 0 Å². The smallest absolute Gasteiger partial charge is 0.262 e. The van der Waals surface area contributed by atoms with Gasteiger partial charge in [-0.05, 0) is 36.4 Å². The van der Waals surface area contributed by atoms with E-state index < -0.39 is 6.04 Å². The van der Waals surface area contributed by atoms with Crippen molar-refractivity contribution in [2.45, 2.75) is 26.8 Å². The Morgan fingerprint density at radius 3 is 2.62 bits per heavy atom. The Balaban J connectivity index is 2.00. The Morgan fingerprint density at radius 1 is 1.21 bits per heavy atom. The lowest BCUT2D eigenvalue weighted by Crippen LogP contribution is -2.48. The third kappa shape index (κ3) is 5.03. The van der Waals surface area contributed by atoms with Gasteiger partial charge in [-0.3, -0.25) is 9.59 Å². The van der Waals surface area contributed by atoms with E-state index in [4.69, 9.17) is 0 Å². The number of hydrogen-bond donors (Lipinski definition) is 2. The number of amides is 2. The van der Waals surface area contributed by atoms with Crippen molar-refractivity contribution in [2.24, 2.45) is 11.0 Å². The fourth-order valence-corrected chi connectivity index (χ4v) is 2.72. The van der Waals surface area contributed by atoms with Crippen LogP contribution in [0.25, 0.3) is 0 Å². The van der Waals surface area contributed by atoms with Gasteiger partial charge in [0.1, 0.15) is 6.04 Å². The molecule has 2 rings (SSSR count). The van der Waals surface area contributed by atoms with Gasteiger partial charge in [-0.15, -0.1) is 11.3 Å². The predicted molar refractivity (Wildman–Crippen MR) is 97.3 cm³/mol. The van der Waals surface area contributed by atoms with E-state index in [1.54, 1.807) is 18.3 Å². The number of nitrogens with zero attached hydrogens (tertiary/aromatic N) is 1. The second-order valence-electron chi connectivity index (χ2n) is 5.81. The molecule has 0 aliphatic heterocycles. The number of hydrogen-bond acceptors (Lipinski definition) is 4. The maximum atomic E-state index is 12.3. The molecule has 0 aliphatic rings. The van der Waals surface area contributed by atoms with Crippen LogP contribution in [0.15, 0.2) is 46.9 Å². The standard InChI is InChI=1S/C18H21N3O2S/c1-12(2)16(18(23)21-19-11-15-8-5-9-24-15)20-17(22)14-7-4-6-13(3)10-14/h4-12,16H,1-3H3,(H,20,22)(H,21,23)/b19-11-. The number of aryl methyl sites for hydroxylation is 1. The first-order valence-electron chi connectivity index (χ1n) is 7.71. The summed E-state index contributed by atoms with van der Waals surface area (Å²) in [5.41, 5.74) is 4.02. The van der Waals surface area contributed by atoms with Crippen LogP contribution >= 0.6 is 11.3 Å². The lowest BCUT2D eigenvalue weighted by Gasteiger charge is -2.20. The summed E-state index contributed by atoms with van der Waals surface area (Å²) in [6.07, 6.45) is 1.59. The van der Waals surface area contributed by atoms with Gasteiger partial charge in [-0.25, -0.2) is 5.43 Å². The Kier molecular flexibility index (Phi) is 6.26. The van der Waals surface area contributed by atoms with Crippen LogP contribution in [0.4, 0.5) is 0 Å². The first kappa shape index (κ1) is 17.9. The molecule has 1 aromatic carbocycles. The molecule has 1 atom stereocenters. The molecule has 1 heterocycles. The lowest BCUT2D eigenvalue weighted by molar-refractivity contribution is -0.123. The number of benzene rings is 1. The van der Waals surface area contributed by atoms with Gasteiger partial charge in [0.25, 0.3) is 11.8 Å². The van der Waals surface area contributed by atoms with Crippen LogP contribution < -0.4 is 10.7 Å². The highest BCUT2D eigenvalue weighted by molar-refractivity contribution is 7.11. The molecule has 1 unspecified atom stereocenters. The zero-order chi connectivity index (χ0) is 17.5. The molecule has 0 saturated heterocycles. The number of thiophene rings is 1. The highest BCUT2D eigenvalue weighted by Crippen LogP contribution is 2.08. The first-order chi connectivity index (χ1) is 11.5. The normalized spacial score (nSPS) is 12.3. The maximum absolute atomic E-state index is 12.3. The van der Waals surface area contributed by atoms with E-state index in [-0.39, 0.29) is 17.7 Å². The van der Waals surface area contributed by atoms with Crippen molar-refractivity contribution in [2.75, 3.05) is 0 Å². The molecule has 0 spiro atoms. The molecule has 6 heteroatoms. The van der Waals surface area contributed by atoms with E-state index in [1.807, 2.05) is 50.4 Å². The summed E-state index contributed by atoms with van der Waals surface area (Å²) in [4.78, 5) is 25.6. The van der Waals surface area contributed by atoms with E-state index in [0.717, 1.165) is 10.4 Å². The number of rotatable bonds is 6. The van der Waals surface area contributed by atoms with Gasteiger partial charge in [-0.2, -0.15) is 5.10 Å². The van der Waals surface area contributed by atoms with Crippen LogP contribution in [0.2, 0.25) is 0 Å². The summed E-state index contributed by atoms with van der Waals surface area (Å²) < 4.78 is 0. The molecule has 126 valence electrons. The first-order valence-corrected chi connectivity index (χ1v) is 8.59. The Morgan fingerprint density at radius 2 is 2.00 bits per heavy atom. The Labute approximate surface area is 145 Å². The van der Waals surface area contributed by atoms with Gasteiger partial charge in [0.05, 0.1) is 6.21 Å². The summed E-state index contributed by atoms with van der Waals surface area (Å²) >= 11 is 1.53. The Bertz CT molecular complexity index is 724. The molecule has 0 radical (unpaired) electrons. The van der Waals surface area contributed by atoms with Gasteiger partial charge in [0.15, 0.2) is 0 Å². The van der Waals surface area contributed by atoms with Gasteiger partial charge in [0, 0.05) is 10.4 Å². The molecule has 2 N–H and O–H groups in total. The maximum Gasteiger partial charge on any atom is 0.262 e. The number of carbonyl (C=O) groups excluding carboxylic acids is 2. The highest BCUT2D eigenvalue weighted by Gasteiger charge is 2.24. The molecule has 0 aliphatic carbocycles. The van der Waals surface area contributed by atoms with E-state index >= 15 is 0 Å². The number of hydrazone groups is 1. The monoisotopic (exact) mass is 343 g/mol. The summed E-state index contributed by atoms with van der Waals surface area (Å²) in [7, 11) is 0. The van der Waals surface area contributed by atoms with Crippen molar-refractivity contribution >= 4 is 29.4 Å². The third-order valence-electron chi connectivity index (χ3n) is 3.43. The number of nitrogens with one attached hydrogen (secondary N) is 2. The summed E-state index contributed by atoms with van der Waals surface area (Å²) in [5.74, 6) is -0.663. The van der Waals surface area contributed by atoms with Gasteiger partial charge >= 0.3 is 0 Å². The second-order valence-corrected chi connectivity index (χ2v) is 6.79. The molecular formula is C18H21N3O2S. The van der Waals surface area contributed by atoms with Gasteiger partial charge < -0.3 is 5.32 Å². The van der Waals surface area contributed by atoms with Crippen LogP contribution in [-0.4, -0.2) is 24.1 Å². The van der Waals surface area contributed by atoms with E-state index in [0.29, 0.717) is 5.56 Å². The second kappa shape index (κ2) is 8.40. The molecular weight excluding hydrogens is 322 g/mol. The van der Waals surface area contributed by atoms with E-state index in [2.05, 4.69) is 15.8 Å². The van der Waals surface area contributed by atoms with Crippen molar-refractivity contribution < 1.29 is 9.59 Å². The molecule has 0 fully saturated rings. The molecule has 0 bridgehead atoms. The fourth-order valence-electron chi connectivity index (χ4n) is 2.14. The minimum absolute atomic E-state index is 0.0595. The van der Waals surface area contributed by atoms with Crippen molar-refractivity contribution in [1.82, 2.24) is 10.7 Å². The van der Waals surface area contributed by atoms with Crippen LogP contribution in [0.3, 0.4) is 0 Å². The molecule has 0 saturated carbocycles. The van der Waals surface area contributed by atoms with Gasteiger partial charge in [0.2, 0.25) is 0 Å². The van der Waals surface area contributed by atoms with Crippen molar-refractivity contribution in [1.29, 1.82) is 0 Å². The molecule has 2 aromatic rings. The van der Waals surface area contributed by atoms with Gasteiger partial charge in [-0.1, -0.05) is 37.6 Å². The predicted octanol–water partition coefficient (Wildman–Crippen LogP) is 2.96. The van der Waals surface area contributed by atoms with Crippen molar-refractivity contribution in [3.05, 3.63) is 57.8 Å². The van der Waals surface area contributed by atoms with E-state index in [9.17, 15) is 9.59 Å². The molecule has 24 heavy (non-hydrogen) atoms. The molecule has 5 nitrogen and oxygen atoms in total. The average Bonchev–Trinajstić information content (AvgIpc) is 3.05. The highest BCUT2D eigenvalue weighted by atomic mass is 32.1. The van der Waals surface area contributed by atoms with Crippen LogP contribution in [0.1, 0.15) is 34.6 Å². The lowest BCUT2D eigenvalue weighted by atomic mass is 10.0. The Hall–Kier alpha value is -2.47.